The van der Waals surface area contributed by atoms with E-state index in [2.05, 4.69) is 25.1 Å². The van der Waals surface area contributed by atoms with Crippen molar-refractivity contribution in [2.24, 2.45) is 0 Å². The van der Waals surface area contributed by atoms with Crippen LogP contribution in [0.1, 0.15) is 31.7 Å². The Hall–Kier alpha value is -1.33. The average Bonchev–Trinajstić information content (AvgIpc) is 2.29. The summed E-state index contributed by atoms with van der Waals surface area (Å²) in [6.07, 6.45) is 0.471. The molecule has 0 amide bonds. The molecule has 0 spiro atoms. The van der Waals surface area contributed by atoms with E-state index in [0.29, 0.717) is 12.5 Å². The van der Waals surface area contributed by atoms with Crippen molar-refractivity contribution in [3.63, 3.8) is 0 Å². The Morgan fingerprint density at radius 1 is 1.33 bits per heavy atom. The summed E-state index contributed by atoms with van der Waals surface area (Å²) in [7, 11) is 0. The molecular weight excluding hydrogens is 186 g/mol. The second-order valence-corrected chi connectivity index (χ2v) is 3.62. The van der Waals surface area contributed by atoms with Crippen LogP contribution in [0, 0.1) is 11.3 Å². The lowest BCUT2D eigenvalue weighted by Gasteiger charge is -2.15. The first-order chi connectivity index (χ1) is 7.27. The van der Waals surface area contributed by atoms with Crippen LogP contribution in [0.2, 0.25) is 0 Å². The number of hydrogen-bond donors (Lipinski definition) is 0. The van der Waals surface area contributed by atoms with Crippen molar-refractivity contribution in [3.8, 4) is 6.07 Å². The molecular formula is C13H17NO. The third kappa shape index (κ3) is 3.73. The van der Waals surface area contributed by atoms with Gasteiger partial charge in [0.2, 0.25) is 0 Å². The summed E-state index contributed by atoms with van der Waals surface area (Å²) in [6, 6.07) is 12.4. The second kappa shape index (κ2) is 6.21. The topological polar surface area (TPSA) is 33.0 Å². The van der Waals surface area contributed by atoms with Crippen LogP contribution in [0.3, 0.4) is 0 Å². The fourth-order valence-corrected chi connectivity index (χ4v) is 1.60. The molecule has 0 heterocycles. The third-order valence-corrected chi connectivity index (χ3v) is 2.45. The van der Waals surface area contributed by atoms with Crippen molar-refractivity contribution in [1.82, 2.24) is 0 Å². The zero-order valence-corrected chi connectivity index (χ0v) is 9.31. The Bertz CT molecular complexity index is 315. The molecule has 15 heavy (non-hydrogen) atoms. The molecule has 0 aliphatic rings. The highest BCUT2D eigenvalue weighted by Gasteiger charge is 2.13. The van der Waals surface area contributed by atoms with E-state index < -0.39 is 0 Å². The number of ether oxygens (including phenoxy) is 1. The van der Waals surface area contributed by atoms with Gasteiger partial charge in [0.1, 0.15) is 6.10 Å². The molecule has 0 radical (unpaired) electrons. The molecule has 0 fully saturated rings. The highest BCUT2D eigenvalue weighted by atomic mass is 16.5. The van der Waals surface area contributed by atoms with Gasteiger partial charge in [-0.2, -0.15) is 5.26 Å². The lowest BCUT2D eigenvalue weighted by Crippen LogP contribution is -2.13. The molecule has 0 bridgehead atoms. The monoisotopic (exact) mass is 203 g/mol. The van der Waals surface area contributed by atoms with Gasteiger partial charge in [0.05, 0.1) is 6.07 Å². The highest BCUT2D eigenvalue weighted by Crippen LogP contribution is 2.21. The lowest BCUT2D eigenvalue weighted by atomic mass is 9.95. The lowest BCUT2D eigenvalue weighted by molar-refractivity contribution is 0.0911. The summed E-state index contributed by atoms with van der Waals surface area (Å²) >= 11 is 0. The maximum atomic E-state index is 8.88. The summed E-state index contributed by atoms with van der Waals surface area (Å²) < 4.78 is 5.32. The Morgan fingerprint density at radius 3 is 2.53 bits per heavy atom. The molecule has 0 aromatic heterocycles. The van der Waals surface area contributed by atoms with E-state index in [1.165, 1.54) is 5.56 Å². The van der Waals surface area contributed by atoms with E-state index >= 15 is 0 Å². The Balaban J connectivity index is 2.55. The molecule has 1 rings (SSSR count). The number of nitrogens with zero attached hydrogens (tertiary/aromatic N) is 1. The van der Waals surface area contributed by atoms with Gasteiger partial charge in [-0.1, -0.05) is 37.3 Å². The SMILES string of the molecule is CCOC(C#N)CC(C)c1ccccc1. The van der Waals surface area contributed by atoms with Crippen LogP contribution in [0.15, 0.2) is 30.3 Å². The summed E-state index contributed by atoms with van der Waals surface area (Å²) in [5.74, 6) is 0.363. The summed E-state index contributed by atoms with van der Waals surface area (Å²) in [5.41, 5.74) is 1.26. The van der Waals surface area contributed by atoms with Gasteiger partial charge in [-0.25, -0.2) is 0 Å². The van der Waals surface area contributed by atoms with E-state index in [0.717, 1.165) is 6.42 Å². The fourth-order valence-electron chi connectivity index (χ4n) is 1.60. The van der Waals surface area contributed by atoms with Crippen molar-refractivity contribution in [2.45, 2.75) is 32.3 Å². The minimum absolute atomic E-state index is 0.287. The molecule has 2 heteroatoms. The molecule has 80 valence electrons. The van der Waals surface area contributed by atoms with Crippen LogP contribution >= 0.6 is 0 Å². The summed E-state index contributed by atoms with van der Waals surface area (Å²) in [4.78, 5) is 0. The van der Waals surface area contributed by atoms with Crippen LogP contribution in [-0.2, 0) is 4.74 Å². The van der Waals surface area contributed by atoms with Crippen LogP contribution in [-0.4, -0.2) is 12.7 Å². The summed E-state index contributed by atoms with van der Waals surface area (Å²) in [5, 5.41) is 8.88. The largest absolute Gasteiger partial charge is 0.364 e. The third-order valence-electron chi connectivity index (χ3n) is 2.45. The summed E-state index contributed by atoms with van der Waals surface area (Å²) in [6.45, 7) is 4.63. The van der Waals surface area contributed by atoms with Gasteiger partial charge in [-0.3, -0.25) is 0 Å². The van der Waals surface area contributed by atoms with E-state index in [1.807, 2.05) is 25.1 Å². The molecule has 1 aromatic rings. The van der Waals surface area contributed by atoms with Gasteiger partial charge >= 0.3 is 0 Å². The van der Waals surface area contributed by atoms with Crippen LogP contribution < -0.4 is 0 Å². The van der Waals surface area contributed by atoms with Gasteiger partial charge in [0, 0.05) is 6.61 Å². The first-order valence-corrected chi connectivity index (χ1v) is 5.34. The van der Waals surface area contributed by atoms with Gasteiger partial charge in [-0.15, -0.1) is 0 Å². The van der Waals surface area contributed by atoms with E-state index in [1.54, 1.807) is 0 Å². The quantitative estimate of drug-likeness (QED) is 0.736. The Labute approximate surface area is 91.5 Å². The molecule has 0 aliphatic heterocycles. The maximum absolute atomic E-state index is 8.88. The molecule has 0 N–H and O–H groups in total. The molecule has 2 unspecified atom stereocenters. The molecule has 0 saturated carbocycles. The van der Waals surface area contributed by atoms with Gasteiger partial charge in [0.25, 0.3) is 0 Å². The predicted octanol–water partition coefficient (Wildman–Crippen LogP) is 3.11. The van der Waals surface area contributed by atoms with Crippen LogP contribution in [0.25, 0.3) is 0 Å². The number of rotatable bonds is 5. The second-order valence-electron chi connectivity index (χ2n) is 3.62. The van der Waals surface area contributed by atoms with Gasteiger partial charge in [0.15, 0.2) is 0 Å². The molecule has 2 atom stereocenters. The average molecular weight is 203 g/mol. The zero-order chi connectivity index (χ0) is 11.1. The van der Waals surface area contributed by atoms with Gasteiger partial charge in [-0.05, 0) is 24.8 Å². The van der Waals surface area contributed by atoms with Crippen molar-refractivity contribution in [3.05, 3.63) is 35.9 Å². The molecule has 0 saturated heterocycles. The zero-order valence-electron chi connectivity index (χ0n) is 9.31. The van der Waals surface area contributed by atoms with Crippen molar-refractivity contribution >= 4 is 0 Å². The minimum Gasteiger partial charge on any atom is -0.364 e. The number of benzene rings is 1. The van der Waals surface area contributed by atoms with Crippen LogP contribution in [0.5, 0.6) is 0 Å². The van der Waals surface area contributed by atoms with Crippen molar-refractivity contribution < 1.29 is 4.74 Å². The first kappa shape index (κ1) is 11.7. The first-order valence-electron chi connectivity index (χ1n) is 5.34. The van der Waals surface area contributed by atoms with Gasteiger partial charge < -0.3 is 4.74 Å². The number of nitriles is 1. The Kier molecular flexibility index (Phi) is 4.86. The van der Waals surface area contributed by atoms with Crippen LogP contribution in [0.4, 0.5) is 0 Å². The van der Waals surface area contributed by atoms with Crippen molar-refractivity contribution in [2.75, 3.05) is 6.61 Å². The van der Waals surface area contributed by atoms with Crippen molar-refractivity contribution in [1.29, 1.82) is 5.26 Å². The normalized spacial score (nSPS) is 14.2. The maximum Gasteiger partial charge on any atom is 0.144 e. The smallest absolute Gasteiger partial charge is 0.144 e. The minimum atomic E-state index is -0.287. The molecule has 1 aromatic carbocycles. The van der Waals surface area contributed by atoms with E-state index in [4.69, 9.17) is 10.00 Å². The predicted molar refractivity (Wildman–Crippen MR) is 60.5 cm³/mol. The molecule has 2 nitrogen and oxygen atoms in total. The highest BCUT2D eigenvalue weighted by molar-refractivity contribution is 5.19. The Morgan fingerprint density at radius 2 is 2.00 bits per heavy atom. The fraction of sp³-hybridized carbons (Fsp3) is 0.462. The van der Waals surface area contributed by atoms with E-state index in [-0.39, 0.29) is 6.10 Å². The molecule has 0 aliphatic carbocycles. The van der Waals surface area contributed by atoms with E-state index in [9.17, 15) is 0 Å². The number of hydrogen-bond acceptors (Lipinski definition) is 2. The standard InChI is InChI=1S/C13H17NO/c1-3-15-13(10-14)9-11(2)12-7-5-4-6-8-12/h4-8,11,13H,3,9H2,1-2H3.